The molecule has 0 aromatic carbocycles. The third-order valence-electron chi connectivity index (χ3n) is 2.95. The molecule has 0 spiro atoms. The lowest BCUT2D eigenvalue weighted by atomic mass is 10.2. The van der Waals surface area contributed by atoms with Gasteiger partial charge in [0.2, 0.25) is 0 Å². The Kier molecular flexibility index (Phi) is 4.29. The fraction of sp³-hybridized carbons (Fsp3) is 0.727. The molecule has 15 heavy (non-hydrogen) atoms. The first-order valence-electron chi connectivity index (χ1n) is 5.57. The van der Waals surface area contributed by atoms with Gasteiger partial charge in [0.15, 0.2) is 0 Å². The molecule has 2 N–H and O–H groups in total. The molecule has 1 atom stereocenters. The van der Waals surface area contributed by atoms with Crippen LogP contribution >= 0.6 is 0 Å². The maximum absolute atomic E-state index is 5.83. The van der Waals surface area contributed by atoms with Gasteiger partial charge < -0.3 is 10.3 Å². The summed E-state index contributed by atoms with van der Waals surface area (Å²) in [5.41, 5.74) is 6.91. The smallest absolute Gasteiger partial charge is 0.105 e. The van der Waals surface area contributed by atoms with Crippen molar-refractivity contribution in [3.63, 3.8) is 0 Å². The second-order valence-electron chi connectivity index (χ2n) is 3.80. The predicted molar refractivity (Wildman–Crippen MR) is 62.7 cm³/mol. The molecule has 1 heterocycles. The molecule has 1 aromatic heterocycles. The Balaban J connectivity index is 2.91. The topological polar surface area (TPSA) is 47.1 Å². The summed E-state index contributed by atoms with van der Waals surface area (Å²) in [4.78, 5) is 6.87. The molecule has 0 aliphatic carbocycles. The summed E-state index contributed by atoms with van der Waals surface area (Å²) < 4.78 is 2.04. The van der Waals surface area contributed by atoms with E-state index in [0.717, 1.165) is 24.6 Å². The van der Waals surface area contributed by atoms with Crippen LogP contribution in [-0.4, -0.2) is 34.1 Å². The minimum atomic E-state index is 0.250. The van der Waals surface area contributed by atoms with Gasteiger partial charge in [0.25, 0.3) is 0 Å². The first kappa shape index (κ1) is 12.2. The van der Waals surface area contributed by atoms with E-state index in [1.165, 1.54) is 0 Å². The molecule has 0 saturated heterocycles. The zero-order valence-corrected chi connectivity index (χ0v) is 10.2. The number of rotatable bonds is 5. The maximum atomic E-state index is 5.83. The molecular formula is C11H22N4. The molecule has 1 unspecified atom stereocenters. The molecule has 0 bridgehead atoms. The van der Waals surface area contributed by atoms with Crippen molar-refractivity contribution in [2.45, 2.75) is 26.8 Å². The van der Waals surface area contributed by atoms with E-state index in [1.807, 2.05) is 18.5 Å². The zero-order chi connectivity index (χ0) is 11.4. The molecule has 4 heteroatoms. The van der Waals surface area contributed by atoms with Crippen molar-refractivity contribution in [3.05, 3.63) is 17.7 Å². The lowest BCUT2D eigenvalue weighted by Crippen LogP contribution is -2.33. The van der Waals surface area contributed by atoms with Crippen molar-refractivity contribution in [2.24, 2.45) is 12.8 Å². The van der Waals surface area contributed by atoms with Crippen LogP contribution in [0.4, 0.5) is 0 Å². The van der Waals surface area contributed by atoms with Crippen LogP contribution < -0.4 is 5.73 Å². The normalized spacial score (nSPS) is 13.5. The maximum Gasteiger partial charge on any atom is 0.105 e. The van der Waals surface area contributed by atoms with Gasteiger partial charge in [-0.25, -0.2) is 4.98 Å². The van der Waals surface area contributed by atoms with Gasteiger partial charge in [0.05, 0.1) is 11.7 Å². The van der Waals surface area contributed by atoms with Gasteiger partial charge in [0.1, 0.15) is 5.82 Å². The van der Waals surface area contributed by atoms with Crippen LogP contribution in [-0.2, 0) is 7.05 Å². The Bertz CT molecular complexity index is 282. The average Bonchev–Trinajstić information content (AvgIpc) is 2.55. The van der Waals surface area contributed by atoms with Crippen molar-refractivity contribution in [1.29, 1.82) is 0 Å². The second-order valence-corrected chi connectivity index (χ2v) is 3.80. The van der Waals surface area contributed by atoms with Gasteiger partial charge in [-0.2, -0.15) is 0 Å². The lowest BCUT2D eigenvalue weighted by Gasteiger charge is -2.26. The van der Waals surface area contributed by atoms with Gasteiger partial charge in [-0.15, -0.1) is 0 Å². The van der Waals surface area contributed by atoms with Crippen LogP contribution in [0.15, 0.2) is 6.20 Å². The fourth-order valence-corrected chi connectivity index (χ4v) is 1.87. The molecule has 0 aliphatic rings. The van der Waals surface area contributed by atoms with Gasteiger partial charge in [-0.3, -0.25) is 4.90 Å². The highest BCUT2D eigenvalue weighted by Crippen LogP contribution is 2.17. The first-order chi connectivity index (χ1) is 7.13. The van der Waals surface area contributed by atoms with E-state index >= 15 is 0 Å². The van der Waals surface area contributed by atoms with E-state index in [2.05, 4.69) is 29.9 Å². The highest BCUT2D eigenvalue weighted by atomic mass is 15.2. The third kappa shape index (κ3) is 2.58. The Hall–Kier alpha value is -0.870. The molecule has 0 fully saturated rings. The summed E-state index contributed by atoms with van der Waals surface area (Å²) in [5, 5.41) is 0. The molecule has 1 rings (SSSR count). The van der Waals surface area contributed by atoms with Crippen molar-refractivity contribution < 1.29 is 0 Å². The summed E-state index contributed by atoms with van der Waals surface area (Å²) in [6.45, 7) is 8.96. The summed E-state index contributed by atoms with van der Waals surface area (Å²) in [6, 6.07) is 0.250. The molecule has 86 valence electrons. The van der Waals surface area contributed by atoms with Crippen molar-refractivity contribution >= 4 is 0 Å². The number of likely N-dealkylation sites (N-methyl/N-ethyl adjacent to an activating group) is 1. The molecule has 4 nitrogen and oxygen atoms in total. The lowest BCUT2D eigenvalue weighted by molar-refractivity contribution is 0.220. The highest BCUT2D eigenvalue weighted by Gasteiger charge is 2.19. The van der Waals surface area contributed by atoms with E-state index in [-0.39, 0.29) is 6.04 Å². The minimum absolute atomic E-state index is 0.250. The van der Waals surface area contributed by atoms with Crippen molar-refractivity contribution in [3.8, 4) is 0 Å². The van der Waals surface area contributed by atoms with E-state index < -0.39 is 0 Å². The Morgan fingerprint density at radius 2 is 2.07 bits per heavy atom. The molecule has 0 saturated carbocycles. The Labute approximate surface area is 92.1 Å². The monoisotopic (exact) mass is 210 g/mol. The van der Waals surface area contributed by atoms with Gasteiger partial charge in [-0.05, 0) is 20.0 Å². The number of imidazole rings is 1. The van der Waals surface area contributed by atoms with Crippen LogP contribution in [0.25, 0.3) is 0 Å². The van der Waals surface area contributed by atoms with Crippen LogP contribution in [0.1, 0.15) is 31.4 Å². The zero-order valence-electron chi connectivity index (χ0n) is 10.2. The van der Waals surface area contributed by atoms with Crippen molar-refractivity contribution in [1.82, 2.24) is 14.5 Å². The van der Waals surface area contributed by atoms with Gasteiger partial charge in [0, 0.05) is 19.8 Å². The highest BCUT2D eigenvalue weighted by molar-refractivity contribution is 5.08. The predicted octanol–water partition coefficient (Wildman–Crippen LogP) is 1.07. The van der Waals surface area contributed by atoms with E-state index in [1.54, 1.807) is 0 Å². The number of aromatic nitrogens is 2. The SMILES string of the molecule is CCN(CC)C(CN)c1cn(C)c(C)n1. The fourth-order valence-electron chi connectivity index (χ4n) is 1.87. The Morgan fingerprint density at radius 1 is 1.47 bits per heavy atom. The van der Waals surface area contributed by atoms with E-state index in [4.69, 9.17) is 5.73 Å². The molecule has 0 radical (unpaired) electrons. The van der Waals surface area contributed by atoms with E-state index in [9.17, 15) is 0 Å². The number of hydrogen-bond acceptors (Lipinski definition) is 3. The standard InChI is InChI=1S/C11H22N4/c1-5-15(6-2)11(7-12)10-8-14(4)9(3)13-10/h8,11H,5-7,12H2,1-4H3. The van der Waals surface area contributed by atoms with Crippen LogP contribution in [0, 0.1) is 6.92 Å². The summed E-state index contributed by atoms with van der Waals surface area (Å²) in [5.74, 6) is 1.04. The van der Waals surface area contributed by atoms with E-state index in [0.29, 0.717) is 6.54 Å². The number of hydrogen-bond donors (Lipinski definition) is 1. The van der Waals surface area contributed by atoms with Crippen molar-refractivity contribution in [2.75, 3.05) is 19.6 Å². The molecule has 0 aliphatic heterocycles. The average molecular weight is 210 g/mol. The van der Waals surface area contributed by atoms with Gasteiger partial charge in [-0.1, -0.05) is 13.8 Å². The van der Waals surface area contributed by atoms with Crippen LogP contribution in [0.2, 0.25) is 0 Å². The molecule has 1 aromatic rings. The number of nitrogens with zero attached hydrogens (tertiary/aromatic N) is 3. The minimum Gasteiger partial charge on any atom is -0.338 e. The third-order valence-corrected chi connectivity index (χ3v) is 2.95. The molecule has 0 amide bonds. The number of aryl methyl sites for hydroxylation is 2. The summed E-state index contributed by atoms with van der Waals surface area (Å²) >= 11 is 0. The Morgan fingerprint density at radius 3 is 2.40 bits per heavy atom. The molecular weight excluding hydrogens is 188 g/mol. The van der Waals surface area contributed by atoms with Crippen LogP contribution in [0.3, 0.4) is 0 Å². The summed E-state index contributed by atoms with van der Waals surface area (Å²) in [7, 11) is 2.02. The summed E-state index contributed by atoms with van der Waals surface area (Å²) in [6.07, 6.45) is 2.07. The largest absolute Gasteiger partial charge is 0.338 e. The quantitative estimate of drug-likeness (QED) is 0.791. The van der Waals surface area contributed by atoms with Gasteiger partial charge >= 0.3 is 0 Å². The second kappa shape index (κ2) is 5.28. The first-order valence-corrected chi connectivity index (χ1v) is 5.57. The van der Waals surface area contributed by atoms with Crippen LogP contribution in [0.5, 0.6) is 0 Å². The number of nitrogens with two attached hydrogens (primary N) is 1.